The first-order valence-corrected chi connectivity index (χ1v) is 15.7. The van der Waals surface area contributed by atoms with Gasteiger partial charge in [0.25, 0.3) is 0 Å². The van der Waals surface area contributed by atoms with E-state index >= 15 is 0 Å². The average Bonchev–Trinajstić information content (AvgIpc) is 3.47. The third kappa shape index (κ3) is 3.83. The molecule has 8 nitrogen and oxygen atoms in total. The van der Waals surface area contributed by atoms with E-state index in [-0.39, 0.29) is 16.9 Å². The maximum atomic E-state index is 14.5. The largest absolute Gasteiger partial charge is 0.511 e. The van der Waals surface area contributed by atoms with Gasteiger partial charge in [-0.15, -0.1) is 0 Å². The molecule has 0 saturated carbocycles. The van der Waals surface area contributed by atoms with Gasteiger partial charge >= 0.3 is 0 Å². The number of fused-ring (bicyclic) bond motifs is 3. The molecular weight excluding hydrogens is 584 g/mol. The van der Waals surface area contributed by atoms with Crippen molar-refractivity contribution in [3.63, 3.8) is 0 Å². The van der Waals surface area contributed by atoms with E-state index in [1.54, 1.807) is 39.8 Å². The minimum atomic E-state index is -2.91. The second-order valence-electron chi connectivity index (χ2n) is 14.1. The van der Waals surface area contributed by atoms with Gasteiger partial charge in [0, 0.05) is 16.7 Å². The van der Waals surface area contributed by atoms with E-state index in [0.29, 0.717) is 24.0 Å². The molecular formula is C38H40O8. The van der Waals surface area contributed by atoms with Gasteiger partial charge in [-0.3, -0.25) is 14.4 Å². The Balaban J connectivity index is 1.48. The lowest BCUT2D eigenvalue weighted by Crippen LogP contribution is -2.73. The molecule has 0 fully saturated rings. The van der Waals surface area contributed by atoms with Gasteiger partial charge in [0.15, 0.2) is 17.2 Å². The third-order valence-electron chi connectivity index (χ3n) is 11.4. The van der Waals surface area contributed by atoms with Crippen molar-refractivity contribution in [3.05, 3.63) is 105 Å². The summed E-state index contributed by atoms with van der Waals surface area (Å²) in [6, 6.07) is 13.5. The molecule has 2 aromatic rings. The van der Waals surface area contributed by atoms with Gasteiger partial charge in [-0.2, -0.15) is 0 Å². The molecule has 6 atom stereocenters. The Labute approximate surface area is 268 Å². The number of allylic oxidation sites excluding steroid dienone is 5. The molecule has 1 unspecified atom stereocenters. The van der Waals surface area contributed by atoms with Crippen LogP contribution in [0.5, 0.6) is 5.75 Å². The minimum absolute atomic E-state index is 0.0629. The number of rotatable bonds is 5. The van der Waals surface area contributed by atoms with Crippen LogP contribution in [-0.2, 0) is 16.0 Å². The molecule has 8 heteroatoms. The number of phenols is 1. The maximum Gasteiger partial charge on any atom is 0.209 e. The van der Waals surface area contributed by atoms with E-state index in [0.717, 1.165) is 23.6 Å². The number of carbonyl (C=O) groups is 3. The van der Waals surface area contributed by atoms with Crippen molar-refractivity contribution in [2.24, 2.45) is 22.7 Å². The van der Waals surface area contributed by atoms with Crippen LogP contribution in [0.2, 0.25) is 0 Å². The number of hydrogen-bond donors (Lipinski definition) is 5. The quantitative estimate of drug-likeness (QED) is 0.261. The second-order valence-corrected chi connectivity index (χ2v) is 14.1. The summed E-state index contributed by atoms with van der Waals surface area (Å²) in [6.45, 7) is 9.26. The smallest absolute Gasteiger partial charge is 0.209 e. The van der Waals surface area contributed by atoms with Crippen LogP contribution >= 0.6 is 0 Å². The summed E-state index contributed by atoms with van der Waals surface area (Å²) in [7, 11) is 0. The highest BCUT2D eigenvalue weighted by Gasteiger charge is 2.76. The molecule has 0 saturated heterocycles. The molecule has 240 valence electrons. The number of Topliss-reactive ketones (excluding diaryl/α,β-unsaturated/α-hetero) is 3. The van der Waals surface area contributed by atoms with Crippen LogP contribution in [0.1, 0.15) is 80.9 Å². The molecule has 46 heavy (non-hydrogen) atoms. The summed E-state index contributed by atoms with van der Waals surface area (Å²) in [4.78, 5) is 41.0. The number of phenolic OH excluding ortho intramolecular Hbond substituents is 1. The highest BCUT2D eigenvalue weighted by molar-refractivity contribution is 6.25. The SMILES string of the molecule is CC(=O)C1=C(O)C(C(C)C)[C@@]2(C)[C@H](O)[C@]3(C)C(=C(O)[C@@]2(O)C1=O)C(=O)c1c(ccc(CC2=CC=C(c4ccccc4)C2)c1O)[C@H]3C. The Morgan fingerprint density at radius 2 is 1.65 bits per heavy atom. The zero-order chi connectivity index (χ0) is 33.7. The summed E-state index contributed by atoms with van der Waals surface area (Å²) in [5.41, 5.74) is -3.29. The van der Waals surface area contributed by atoms with E-state index in [9.17, 15) is 39.9 Å². The molecule has 0 aliphatic heterocycles. The lowest BCUT2D eigenvalue weighted by Gasteiger charge is -2.63. The number of aliphatic hydroxyl groups excluding tert-OH is 3. The van der Waals surface area contributed by atoms with Gasteiger partial charge < -0.3 is 25.5 Å². The second kappa shape index (κ2) is 10.4. The highest BCUT2D eigenvalue weighted by atomic mass is 16.4. The predicted molar refractivity (Wildman–Crippen MR) is 172 cm³/mol. The van der Waals surface area contributed by atoms with Crippen LogP contribution in [0.3, 0.4) is 0 Å². The first-order valence-electron chi connectivity index (χ1n) is 15.7. The van der Waals surface area contributed by atoms with E-state index in [2.05, 4.69) is 0 Å². The van der Waals surface area contributed by atoms with Gasteiger partial charge in [-0.25, -0.2) is 0 Å². The van der Waals surface area contributed by atoms with E-state index in [1.807, 2.05) is 42.5 Å². The fourth-order valence-electron chi connectivity index (χ4n) is 8.92. The zero-order valence-corrected chi connectivity index (χ0v) is 26.9. The molecule has 2 aromatic carbocycles. The molecule has 4 aliphatic rings. The number of hydrogen-bond acceptors (Lipinski definition) is 8. The standard InChI is InChI=1S/C38H40O8/c1-18(2)28-31(41)26(20(4)39)33(43)38(46)34(44)29-32(42)27-25(19(3)36(29,5)35(45)37(28,38)6)15-14-24(30(27)40)17-21-12-13-23(16-21)22-10-8-7-9-11-22/h7-15,18-19,28,35,40-41,44-46H,16-17H2,1-6H3/t19-,28?,35-,36+,37+,38+/m1/s1. The molecule has 4 aliphatic carbocycles. The fraction of sp³-hybridized carbons (Fsp3) is 0.395. The normalized spacial score (nSPS) is 32.2. The summed E-state index contributed by atoms with van der Waals surface area (Å²) in [5, 5.41) is 59.5. The van der Waals surface area contributed by atoms with Crippen molar-refractivity contribution in [1.29, 1.82) is 0 Å². The van der Waals surface area contributed by atoms with E-state index in [1.165, 1.54) is 6.92 Å². The molecule has 0 heterocycles. The first-order chi connectivity index (χ1) is 21.5. The number of aliphatic hydroxyl groups is 4. The van der Waals surface area contributed by atoms with Crippen LogP contribution in [0.15, 0.2) is 82.9 Å². The van der Waals surface area contributed by atoms with E-state index in [4.69, 9.17) is 0 Å². The number of aromatic hydroxyl groups is 1. The van der Waals surface area contributed by atoms with Crippen LogP contribution in [-0.4, -0.2) is 54.6 Å². The zero-order valence-electron chi connectivity index (χ0n) is 26.9. The van der Waals surface area contributed by atoms with E-state index < -0.39 is 74.7 Å². The molecule has 0 spiro atoms. The summed E-state index contributed by atoms with van der Waals surface area (Å²) >= 11 is 0. The maximum absolute atomic E-state index is 14.5. The molecule has 0 amide bonds. The van der Waals surface area contributed by atoms with Crippen molar-refractivity contribution in [1.82, 2.24) is 0 Å². The van der Waals surface area contributed by atoms with Crippen molar-refractivity contribution in [2.75, 3.05) is 0 Å². The summed E-state index contributed by atoms with van der Waals surface area (Å²) in [5.74, 6) is -7.00. The number of ketones is 3. The Kier molecular flexibility index (Phi) is 7.15. The van der Waals surface area contributed by atoms with Crippen LogP contribution in [0, 0.1) is 22.7 Å². The van der Waals surface area contributed by atoms with Gasteiger partial charge in [-0.1, -0.05) is 94.8 Å². The number of carbonyl (C=O) groups excluding carboxylic acids is 3. The number of benzene rings is 2. The lowest BCUT2D eigenvalue weighted by atomic mass is 9.41. The Hall–Kier alpha value is -4.27. The Morgan fingerprint density at radius 1 is 1.00 bits per heavy atom. The molecule has 6 rings (SSSR count). The van der Waals surface area contributed by atoms with Gasteiger partial charge in [0.05, 0.1) is 17.2 Å². The van der Waals surface area contributed by atoms with Crippen LogP contribution < -0.4 is 0 Å². The van der Waals surface area contributed by atoms with Crippen molar-refractivity contribution < 1.29 is 39.9 Å². The fourth-order valence-corrected chi connectivity index (χ4v) is 8.92. The summed E-state index contributed by atoms with van der Waals surface area (Å²) in [6.07, 6.45) is 3.42. The molecule has 0 aromatic heterocycles. The van der Waals surface area contributed by atoms with Gasteiger partial charge in [0.1, 0.15) is 22.8 Å². The molecule has 0 bridgehead atoms. The monoisotopic (exact) mass is 624 g/mol. The van der Waals surface area contributed by atoms with Gasteiger partial charge in [0.2, 0.25) is 5.78 Å². The van der Waals surface area contributed by atoms with Crippen molar-refractivity contribution >= 4 is 22.9 Å². The highest BCUT2D eigenvalue weighted by Crippen LogP contribution is 2.67. The third-order valence-corrected chi connectivity index (χ3v) is 11.4. The molecule has 5 N–H and O–H groups in total. The van der Waals surface area contributed by atoms with Crippen LogP contribution in [0.25, 0.3) is 5.57 Å². The summed E-state index contributed by atoms with van der Waals surface area (Å²) < 4.78 is 0. The van der Waals surface area contributed by atoms with Crippen molar-refractivity contribution in [3.8, 4) is 5.75 Å². The average molecular weight is 625 g/mol. The van der Waals surface area contributed by atoms with Gasteiger partial charge in [-0.05, 0) is 53.9 Å². The first kappa shape index (κ1) is 31.7. The Morgan fingerprint density at radius 3 is 2.26 bits per heavy atom. The Bertz CT molecular complexity index is 1840. The van der Waals surface area contributed by atoms with Crippen LogP contribution in [0.4, 0.5) is 0 Å². The molecule has 0 radical (unpaired) electrons. The minimum Gasteiger partial charge on any atom is -0.511 e. The van der Waals surface area contributed by atoms with Crippen molar-refractivity contribution in [2.45, 2.75) is 72.0 Å². The predicted octanol–water partition coefficient (Wildman–Crippen LogP) is 5.83. The lowest BCUT2D eigenvalue weighted by molar-refractivity contribution is -0.211. The topological polar surface area (TPSA) is 152 Å².